The number of esters is 1. The second kappa shape index (κ2) is 10.9. The minimum atomic E-state index is -0.880. The van der Waals surface area contributed by atoms with Crippen molar-refractivity contribution < 1.29 is 33.8 Å². The summed E-state index contributed by atoms with van der Waals surface area (Å²) in [6.45, 7) is 1.41. The molecule has 1 amide bonds. The zero-order valence-electron chi connectivity index (χ0n) is 18.6. The molecule has 2 aromatic rings. The van der Waals surface area contributed by atoms with Crippen LogP contribution in [0.1, 0.15) is 30.4 Å². The maximum atomic E-state index is 12.8. The van der Waals surface area contributed by atoms with Crippen LogP contribution < -0.4 is 14.8 Å². The molecule has 1 fully saturated rings. The molecule has 2 heterocycles. The van der Waals surface area contributed by atoms with Gasteiger partial charge in [-0.05, 0) is 29.7 Å². The van der Waals surface area contributed by atoms with Crippen molar-refractivity contribution in [3.63, 3.8) is 0 Å². The first-order valence-corrected chi connectivity index (χ1v) is 11.9. The van der Waals surface area contributed by atoms with E-state index in [2.05, 4.69) is 5.32 Å². The van der Waals surface area contributed by atoms with Crippen molar-refractivity contribution in [1.82, 2.24) is 10.4 Å². The number of hydrogen-bond donors (Lipinski definition) is 2. The van der Waals surface area contributed by atoms with Crippen molar-refractivity contribution in [3.05, 3.63) is 59.7 Å². The summed E-state index contributed by atoms with van der Waals surface area (Å²) in [5, 5.41) is 14.3. The van der Waals surface area contributed by atoms with Gasteiger partial charge in [0.2, 0.25) is 12.7 Å². The van der Waals surface area contributed by atoms with Gasteiger partial charge in [-0.25, -0.2) is 0 Å². The van der Waals surface area contributed by atoms with Crippen molar-refractivity contribution in [1.29, 1.82) is 0 Å². The lowest BCUT2D eigenvalue weighted by Gasteiger charge is -2.25. The first-order chi connectivity index (χ1) is 16.4. The van der Waals surface area contributed by atoms with E-state index < -0.39 is 24.0 Å². The largest absolute Gasteiger partial charge is 0.460 e. The summed E-state index contributed by atoms with van der Waals surface area (Å²) in [5.74, 6) is 0.269. The fourth-order valence-electron chi connectivity index (χ4n) is 4.11. The fourth-order valence-corrected chi connectivity index (χ4v) is 4.90. The Morgan fingerprint density at radius 3 is 2.68 bits per heavy atom. The number of ether oxygens (including phenoxy) is 3. The van der Waals surface area contributed by atoms with Gasteiger partial charge in [0.05, 0.1) is 6.04 Å². The molecular formula is C24H26N2O7S. The molecule has 3 atom stereocenters. The van der Waals surface area contributed by atoms with Gasteiger partial charge in [0, 0.05) is 18.6 Å². The lowest BCUT2D eigenvalue weighted by atomic mass is 9.91. The van der Waals surface area contributed by atoms with Gasteiger partial charge < -0.3 is 24.7 Å². The molecule has 0 spiro atoms. The number of carbonyl (C=O) groups is 3. The molecule has 0 saturated carbocycles. The van der Waals surface area contributed by atoms with Crippen molar-refractivity contribution in [2.24, 2.45) is 0 Å². The minimum absolute atomic E-state index is 0.0769. The first kappa shape index (κ1) is 24.1. The van der Waals surface area contributed by atoms with Crippen LogP contribution in [0.2, 0.25) is 0 Å². The van der Waals surface area contributed by atoms with E-state index in [1.165, 1.54) is 6.92 Å². The monoisotopic (exact) mass is 486 g/mol. The summed E-state index contributed by atoms with van der Waals surface area (Å²) in [7, 11) is 0. The molecule has 34 heavy (non-hydrogen) atoms. The zero-order valence-corrected chi connectivity index (χ0v) is 19.5. The highest BCUT2D eigenvalue weighted by Crippen LogP contribution is 2.42. The van der Waals surface area contributed by atoms with Crippen LogP contribution in [0, 0.1) is 0 Å². The van der Waals surface area contributed by atoms with Crippen molar-refractivity contribution in [2.45, 2.75) is 38.0 Å². The molecule has 9 nitrogen and oxygen atoms in total. The van der Waals surface area contributed by atoms with Gasteiger partial charge in [-0.2, -0.15) is 5.06 Å². The van der Waals surface area contributed by atoms with Gasteiger partial charge in [-0.15, -0.1) is 0 Å². The van der Waals surface area contributed by atoms with E-state index in [4.69, 9.17) is 14.2 Å². The predicted molar refractivity (Wildman–Crippen MR) is 124 cm³/mol. The summed E-state index contributed by atoms with van der Waals surface area (Å²) in [6.07, 6.45) is 0.310. The number of nitrogens with zero attached hydrogens (tertiary/aromatic N) is 1. The predicted octanol–water partition coefficient (Wildman–Crippen LogP) is 2.47. The number of hydrogen-bond acceptors (Lipinski definition) is 9. The number of carbonyl (C=O) groups excluding carboxylic acids is 3. The van der Waals surface area contributed by atoms with Crippen LogP contribution in [0.5, 0.6) is 11.5 Å². The zero-order chi connectivity index (χ0) is 24.1. The number of benzene rings is 2. The molecule has 4 rings (SSSR count). The van der Waals surface area contributed by atoms with Crippen molar-refractivity contribution >= 4 is 28.8 Å². The van der Waals surface area contributed by atoms with Crippen LogP contribution in [0.25, 0.3) is 0 Å². The Kier molecular flexibility index (Phi) is 7.71. The number of thioether (sulfide) groups is 1. The fraction of sp³-hybridized carbons (Fsp3) is 0.375. The van der Waals surface area contributed by atoms with Gasteiger partial charge >= 0.3 is 5.97 Å². The maximum absolute atomic E-state index is 12.8. The summed E-state index contributed by atoms with van der Waals surface area (Å²) in [4.78, 5) is 36.5. The molecule has 1 saturated heterocycles. The van der Waals surface area contributed by atoms with E-state index in [1.807, 2.05) is 42.5 Å². The highest BCUT2D eigenvalue weighted by Gasteiger charge is 2.45. The molecule has 2 aliphatic heterocycles. The van der Waals surface area contributed by atoms with Crippen LogP contribution in [-0.4, -0.2) is 58.4 Å². The number of rotatable bonds is 8. The highest BCUT2D eigenvalue weighted by molar-refractivity contribution is 8.13. The van der Waals surface area contributed by atoms with E-state index in [9.17, 15) is 19.6 Å². The summed E-state index contributed by atoms with van der Waals surface area (Å²) in [5.41, 5.74) is 1.71. The Morgan fingerprint density at radius 1 is 1.15 bits per heavy atom. The van der Waals surface area contributed by atoms with E-state index in [-0.39, 0.29) is 31.0 Å². The molecule has 2 N–H and O–H groups in total. The second-order valence-electron chi connectivity index (χ2n) is 8.08. The molecule has 0 aliphatic carbocycles. The van der Waals surface area contributed by atoms with Gasteiger partial charge in [0.1, 0.15) is 19.2 Å². The Bertz CT molecular complexity index is 1050. The molecule has 2 aromatic carbocycles. The highest BCUT2D eigenvalue weighted by atomic mass is 32.2. The average Bonchev–Trinajstić information content (AvgIpc) is 3.44. The molecule has 2 unspecified atom stereocenters. The van der Waals surface area contributed by atoms with Gasteiger partial charge in [-0.1, -0.05) is 48.2 Å². The van der Waals surface area contributed by atoms with E-state index in [1.54, 1.807) is 6.07 Å². The summed E-state index contributed by atoms with van der Waals surface area (Å²) >= 11 is 1.09. The third kappa shape index (κ3) is 5.69. The first-order valence-electron chi connectivity index (χ1n) is 10.9. The van der Waals surface area contributed by atoms with Gasteiger partial charge in [0.15, 0.2) is 16.6 Å². The second-order valence-corrected chi connectivity index (χ2v) is 9.28. The number of amides is 1. The topological polar surface area (TPSA) is 114 Å². The SMILES string of the molecule is CC(=O)SCC1C(c2ccc3c(c2)OCO3)C[C@@H](C(=O)NCC(=O)OCc2ccccc2)N1O. The van der Waals surface area contributed by atoms with E-state index in [0.717, 1.165) is 28.0 Å². The quantitative estimate of drug-likeness (QED) is 0.543. The maximum Gasteiger partial charge on any atom is 0.325 e. The molecule has 10 heteroatoms. The number of hydroxylamine groups is 2. The lowest BCUT2D eigenvalue weighted by molar-refractivity contribution is -0.157. The van der Waals surface area contributed by atoms with Crippen molar-refractivity contribution in [3.8, 4) is 11.5 Å². The van der Waals surface area contributed by atoms with Crippen LogP contribution in [0.15, 0.2) is 48.5 Å². The van der Waals surface area contributed by atoms with Crippen molar-refractivity contribution in [2.75, 3.05) is 19.1 Å². The third-order valence-electron chi connectivity index (χ3n) is 5.84. The summed E-state index contributed by atoms with van der Waals surface area (Å²) in [6, 6.07) is 13.4. The average molecular weight is 487 g/mol. The Balaban J connectivity index is 1.39. The molecule has 0 aromatic heterocycles. The molecule has 180 valence electrons. The van der Waals surface area contributed by atoms with Crippen LogP contribution in [-0.2, 0) is 25.7 Å². The molecular weight excluding hydrogens is 460 g/mol. The number of nitrogens with one attached hydrogen (secondary N) is 1. The Morgan fingerprint density at radius 2 is 1.91 bits per heavy atom. The van der Waals surface area contributed by atoms with Gasteiger partial charge in [0.25, 0.3) is 0 Å². The Labute approximate surface area is 201 Å². The lowest BCUT2D eigenvalue weighted by Crippen LogP contribution is -2.46. The number of fused-ring (bicyclic) bond motifs is 1. The smallest absolute Gasteiger partial charge is 0.325 e. The van der Waals surface area contributed by atoms with E-state index in [0.29, 0.717) is 23.7 Å². The summed E-state index contributed by atoms with van der Waals surface area (Å²) < 4.78 is 16.0. The normalized spacial score (nSPS) is 21.3. The van der Waals surface area contributed by atoms with Crippen LogP contribution in [0.4, 0.5) is 0 Å². The standard InChI is InChI=1S/C24H26N2O7S/c1-15(27)34-13-20-18(17-7-8-21-22(9-17)33-14-32-21)10-19(26(20)30)24(29)25-11-23(28)31-12-16-5-3-2-4-6-16/h2-9,18-20,30H,10-14H2,1H3,(H,25,29)/t18?,19-,20?/m0/s1. The molecule has 0 radical (unpaired) electrons. The van der Waals surface area contributed by atoms with Crippen LogP contribution in [0.3, 0.4) is 0 Å². The van der Waals surface area contributed by atoms with Gasteiger partial charge in [-0.3, -0.25) is 14.4 Å². The van der Waals surface area contributed by atoms with Crippen LogP contribution >= 0.6 is 11.8 Å². The molecule has 2 aliphatic rings. The molecule has 0 bridgehead atoms. The minimum Gasteiger partial charge on any atom is -0.460 e. The Hall–Kier alpha value is -3.08. The van der Waals surface area contributed by atoms with E-state index >= 15 is 0 Å². The third-order valence-corrected chi connectivity index (χ3v) is 6.75.